The standard InChI is InChI=1S/C15H14N2O4/c1-11-7-8-13(9-14(11)17(19)20)15(18)16-21-10-12-5-3-2-4-6-12/h2-9H,10H2,1H3,(H,16,18). The number of aryl methyl sites for hydroxylation is 1. The highest BCUT2D eigenvalue weighted by atomic mass is 16.7. The van der Waals surface area contributed by atoms with Crippen LogP contribution in [0.4, 0.5) is 5.69 Å². The second-order valence-electron chi connectivity index (χ2n) is 4.46. The van der Waals surface area contributed by atoms with Crippen LogP contribution in [0.15, 0.2) is 48.5 Å². The molecule has 6 heteroatoms. The maximum Gasteiger partial charge on any atom is 0.275 e. The molecular weight excluding hydrogens is 272 g/mol. The van der Waals surface area contributed by atoms with Gasteiger partial charge in [0.2, 0.25) is 0 Å². The van der Waals surface area contributed by atoms with Gasteiger partial charge in [-0.15, -0.1) is 0 Å². The molecule has 2 aromatic rings. The van der Waals surface area contributed by atoms with Gasteiger partial charge in [0.15, 0.2) is 0 Å². The third kappa shape index (κ3) is 3.87. The molecule has 0 saturated heterocycles. The summed E-state index contributed by atoms with van der Waals surface area (Å²) in [5.74, 6) is -0.519. The topological polar surface area (TPSA) is 81.5 Å². The van der Waals surface area contributed by atoms with Crippen LogP contribution in [0.5, 0.6) is 0 Å². The summed E-state index contributed by atoms with van der Waals surface area (Å²) >= 11 is 0. The number of nitro benzene ring substituents is 1. The lowest BCUT2D eigenvalue weighted by molar-refractivity contribution is -0.385. The van der Waals surface area contributed by atoms with E-state index in [0.717, 1.165) is 5.56 Å². The number of amides is 1. The van der Waals surface area contributed by atoms with Crippen LogP contribution in [0.25, 0.3) is 0 Å². The monoisotopic (exact) mass is 286 g/mol. The molecule has 0 atom stereocenters. The van der Waals surface area contributed by atoms with Crippen LogP contribution in [0.1, 0.15) is 21.5 Å². The first-order valence-corrected chi connectivity index (χ1v) is 6.29. The van der Waals surface area contributed by atoms with E-state index in [4.69, 9.17) is 4.84 Å². The first-order valence-electron chi connectivity index (χ1n) is 6.29. The van der Waals surface area contributed by atoms with Crippen LogP contribution in [0.2, 0.25) is 0 Å². The first-order chi connectivity index (χ1) is 10.1. The highest BCUT2D eigenvalue weighted by Gasteiger charge is 2.14. The van der Waals surface area contributed by atoms with E-state index in [9.17, 15) is 14.9 Å². The smallest absolute Gasteiger partial charge is 0.269 e. The summed E-state index contributed by atoms with van der Waals surface area (Å²) in [5.41, 5.74) is 3.77. The highest BCUT2D eigenvalue weighted by Crippen LogP contribution is 2.19. The van der Waals surface area contributed by atoms with Gasteiger partial charge in [0.25, 0.3) is 11.6 Å². The second-order valence-corrected chi connectivity index (χ2v) is 4.46. The predicted octanol–water partition coefficient (Wildman–Crippen LogP) is 2.76. The molecule has 0 heterocycles. The number of carbonyl (C=O) groups is 1. The minimum absolute atomic E-state index is 0.0919. The Bertz CT molecular complexity index is 656. The summed E-state index contributed by atoms with van der Waals surface area (Å²) in [6.45, 7) is 1.84. The molecule has 0 fully saturated rings. The van der Waals surface area contributed by atoms with Crippen molar-refractivity contribution in [2.24, 2.45) is 0 Å². The largest absolute Gasteiger partial charge is 0.275 e. The Morgan fingerprint density at radius 1 is 1.24 bits per heavy atom. The molecule has 0 unspecified atom stereocenters. The number of carbonyl (C=O) groups excluding carboxylic acids is 1. The molecule has 0 aliphatic carbocycles. The lowest BCUT2D eigenvalue weighted by Gasteiger charge is -2.06. The fraction of sp³-hybridized carbons (Fsp3) is 0.133. The van der Waals surface area contributed by atoms with E-state index < -0.39 is 10.8 Å². The third-order valence-electron chi connectivity index (χ3n) is 2.91. The van der Waals surface area contributed by atoms with Crippen molar-refractivity contribution >= 4 is 11.6 Å². The Hall–Kier alpha value is -2.73. The summed E-state index contributed by atoms with van der Waals surface area (Å²) in [6.07, 6.45) is 0. The molecule has 0 bridgehead atoms. The van der Waals surface area contributed by atoms with Crippen molar-refractivity contribution in [3.63, 3.8) is 0 Å². The Labute approximate surface area is 121 Å². The minimum atomic E-state index is -0.519. The van der Waals surface area contributed by atoms with Gasteiger partial charge >= 0.3 is 0 Å². The highest BCUT2D eigenvalue weighted by molar-refractivity contribution is 5.94. The van der Waals surface area contributed by atoms with Crippen LogP contribution in [0, 0.1) is 17.0 Å². The lowest BCUT2D eigenvalue weighted by Crippen LogP contribution is -2.23. The first kappa shape index (κ1) is 14.7. The summed E-state index contributed by atoms with van der Waals surface area (Å²) in [4.78, 5) is 27.3. The predicted molar refractivity (Wildman–Crippen MR) is 76.5 cm³/mol. The van der Waals surface area contributed by atoms with Gasteiger partial charge in [-0.25, -0.2) is 5.48 Å². The number of hydrogen-bond acceptors (Lipinski definition) is 4. The van der Waals surface area contributed by atoms with E-state index in [-0.39, 0.29) is 17.9 Å². The average Bonchev–Trinajstić information content (AvgIpc) is 2.48. The molecule has 0 aliphatic rings. The second kappa shape index (κ2) is 6.62. The maximum atomic E-state index is 11.9. The molecule has 0 radical (unpaired) electrons. The number of hydrogen-bond donors (Lipinski definition) is 1. The van der Waals surface area contributed by atoms with Crippen LogP contribution in [-0.4, -0.2) is 10.8 Å². The molecule has 108 valence electrons. The van der Waals surface area contributed by atoms with Gasteiger partial charge in [0.1, 0.15) is 0 Å². The van der Waals surface area contributed by atoms with Gasteiger partial charge in [-0.05, 0) is 18.6 Å². The van der Waals surface area contributed by atoms with Crippen molar-refractivity contribution in [3.8, 4) is 0 Å². The van der Waals surface area contributed by atoms with Gasteiger partial charge in [-0.3, -0.25) is 19.7 Å². The van der Waals surface area contributed by atoms with Crippen LogP contribution < -0.4 is 5.48 Å². The van der Waals surface area contributed by atoms with Crippen LogP contribution in [0.3, 0.4) is 0 Å². The van der Waals surface area contributed by atoms with Gasteiger partial charge in [0, 0.05) is 17.2 Å². The number of rotatable bonds is 5. The number of nitrogens with zero attached hydrogens (tertiary/aromatic N) is 1. The zero-order valence-corrected chi connectivity index (χ0v) is 11.4. The Morgan fingerprint density at radius 2 is 1.95 bits per heavy atom. The molecule has 0 aromatic heterocycles. The number of nitro groups is 1. The van der Waals surface area contributed by atoms with E-state index >= 15 is 0 Å². The summed E-state index contributed by atoms with van der Waals surface area (Å²) in [7, 11) is 0. The van der Waals surface area contributed by atoms with Crippen LogP contribution in [-0.2, 0) is 11.4 Å². The molecule has 1 N–H and O–H groups in total. The van der Waals surface area contributed by atoms with Crippen molar-refractivity contribution in [3.05, 3.63) is 75.3 Å². The molecule has 0 saturated carbocycles. The van der Waals surface area contributed by atoms with Crippen molar-refractivity contribution in [1.82, 2.24) is 5.48 Å². The van der Waals surface area contributed by atoms with Gasteiger partial charge < -0.3 is 0 Å². The fourth-order valence-corrected chi connectivity index (χ4v) is 1.77. The molecule has 6 nitrogen and oxygen atoms in total. The summed E-state index contributed by atoms with van der Waals surface area (Å²) < 4.78 is 0. The number of benzene rings is 2. The van der Waals surface area contributed by atoms with Gasteiger partial charge in [-0.2, -0.15) is 0 Å². The summed E-state index contributed by atoms with van der Waals surface area (Å²) in [5, 5.41) is 10.8. The van der Waals surface area contributed by atoms with E-state index in [1.165, 1.54) is 18.2 Å². The normalized spacial score (nSPS) is 10.1. The summed E-state index contributed by atoms with van der Waals surface area (Å²) in [6, 6.07) is 13.6. The van der Waals surface area contributed by atoms with E-state index in [2.05, 4.69) is 5.48 Å². The molecule has 0 aliphatic heterocycles. The Morgan fingerprint density at radius 3 is 2.62 bits per heavy atom. The van der Waals surface area contributed by atoms with Crippen molar-refractivity contribution in [2.45, 2.75) is 13.5 Å². The molecule has 2 aromatic carbocycles. The fourth-order valence-electron chi connectivity index (χ4n) is 1.77. The SMILES string of the molecule is Cc1ccc(C(=O)NOCc2ccccc2)cc1[N+](=O)[O-]. The van der Waals surface area contributed by atoms with E-state index in [0.29, 0.717) is 5.56 Å². The minimum Gasteiger partial charge on any atom is -0.269 e. The zero-order chi connectivity index (χ0) is 15.2. The van der Waals surface area contributed by atoms with Crippen LogP contribution >= 0.6 is 0 Å². The Kier molecular flexibility index (Phi) is 4.63. The molecule has 2 rings (SSSR count). The molecular formula is C15H14N2O4. The maximum absolute atomic E-state index is 11.9. The number of hydroxylamine groups is 1. The quantitative estimate of drug-likeness (QED) is 0.677. The van der Waals surface area contributed by atoms with Crippen molar-refractivity contribution < 1.29 is 14.6 Å². The van der Waals surface area contributed by atoms with Gasteiger partial charge in [-0.1, -0.05) is 36.4 Å². The average molecular weight is 286 g/mol. The zero-order valence-electron chi connectivity index (χ0n) is 11.4. The molecule has 1 amide bonds. The van der Waals surface area contributed by atoms with Gasteiger partial charge in [0.05, 0.1) is 11.5 Å². The molecule has 0 spiro atoms. The lowest BCUT2D eigenvalue weighted by atomic mass is 10.1. The van der Waals surface area contributed by atoms with Crippen molar-refractivity contribution in [2.75, 3.05) is 0 Å². The van der Waals surface area contributed by atoms with Crippen molar-refractivity contribution in [1.29, 1.82) is 0 Å². The Balaban J connectivity index is 1.97. The third-order valence-corrected chi connectivity index (χ3v) is 2.91. The number of nitrogens with one attached hydrogen (secondary N) is 1. The van der Waals surface area contributed by atoms with E-state index in [1.807, 2.05) is 30.3 Å². The molecule has 21 heavy (non-hydrogen) atoms. The van der Waals surface area contributed by atoms with E-state index in [1.54, 1.807) is 6.92 Å².